The molecule has 0 aromatic heterocycles. The highest BCUT2D eigenvalue weighted by molar-refractivity contribution is 5.56. The van der Waals surface area contributed by atoms with Gasteiger partial charge < -0.3 is 10.1 Å². The first-order valence-corrected chi connectivity index (χ1v) is 6.16. The molecule has 1 unspecified atom stereocenters. The number of rotatable bonds is 4. The van der Waals surface area contributed by atoms with Crippen LogP contribution in [0.5, 0.6) is 5.75 Å². The third-order valence-corrected chi connectivity index (χ3v) is 3.14. The predicted octanol–water partition coefficient (Wildman–Crippen LogP) is 2.74. The molecule has 1 aromatic carbocycles. The molecule has 0 radical (unpaired) electrons. The second-order valence-electron chi connectivity index (χ2n) is 4.68. The highest BCUT2D eigenvalue weighted by Gasteiger charge is 2.34. The molecular weight excluding hydrogens is 257 g/mol. The van der Waals surface area contributed by atoms with Crippen molar-refractivity contribution in [2.45, 2.75) is 18.6 Å². The van der Waals surface area contributed by atoms with Crippen molar-refractivity contribution in [2.75, 3.05) is 32.1 Å². The summed E-state index contributed by atoms with van der Waals surface area (Å²) >= 11 is 0. The Bertz CT molecular complexity index is 423. The molecule has 0 bridgehead atoms. The van der Waals surface area contributed by atoms with Crippen LogP contribution in [-0.2, 0) is 0 Å². The average molecular weight is 274 g/mol. The number of ether oxygens (including phenoxy) is 1. The van der Waals surface area contributed by atoms with E-state index >= 15 is 0 Å². The summed E-state index contributed by atoms with van der Waals surface area (Å²) in [6, 6.07) is 7.44. The number of anilines is 1. The van der Waals surface area contributed by atoms with Crippen molar-refractivity contribution >= 4 is 5.69 Å². The summed E-state index contributed by atoms with van der Waals surface area (Å²) < 4.78 is 42.1. The van der Waals surface area contributed by atoms with E-state index < -0.39 is 12.7 Å². The topological polar surface area (TPSA) is 24.5 Å². The molecule has 1 aliphatic rings. The van der Waals surface area contributed by atoms with Crippen molar-refractivity contribution < 1.29 is 17.9 Å². The molecule has 3 nitrogen and oxygen atoms in total. The molecule has 1 heterocycles. The second-order valence-corrected chi connectivity index (χ2v) is 4.68. The van der Waals surface area contributed by atoms with E-state index in [1.54, 1.807) is 7.11 Å². The molecule has 0 aliphatic carbocycles. The minimum absolute atomic E-state index is 0.0265. The van der Waals surface area contributed by atoms with Gasteiger partial charge in [0.25, 0.3) is 0 Å². The number of methoxy groups -OCH3 is 1. The molecule has 1 N–H and O–H groups in total. The van der Waals surface area contributed by atoms with Crippen LogP contribution in [0.1, 0.15) is 6.42 Å². The van der Waals surface area contributed by atoms with Gasteiger partial charge in [0, 0.05) is 19.1 Å². The van der Waals surface area contributed by atoms with Gasteiger partial charge in [-0.3, -0.25) is 4.90 Å². The molecule has 0 spiro atoms. The van der Waals surface area contributed by atoms with Gasteiger partial charge in [-0.1, -0.05) is 12.1 Å². The Morgan fingerprint density at radius 3 is 2.79 bits per heavy atom. The number of likely N-dealkylation sites (tertiary alicyclic amines) is 1. The van der Waals surface area contributed by atoms with Gasteiger partial charge in [0.05, 0.1) is 19.3 Å². The molecule has 6 heteroatoms. The number of nitrogens with one attached hydrogen (secondary N) is 1. The Labute approximate surface area is 110 Å². The lowest BCUT2D eigenvalue weighted by atomic mass is 10.2. The van der Waals surface area contributed by atoms with Gasteiger partial charge in [-0.2, -0.15) is 13.2 Å². The van der Waals surface area contributed by atoms with Gasteiger partial charge in [-0.05, 0) is 18.6 Å². The fourth-order valence-electron chi connectivity index (χ4n) is 2.33. The van der Waals surface area contributed by atoms with E-state index in [2.05, 4.69) is 5.32 Å². The number of para-hydroxylation sites is 2. The maximum Gasteiger partial charge on any atom is 0.401 e. The van der Waals surface area contributed by atoms with Crippen molar-refractivity contribution in [3.05, 3.63) is 24.3 Å². The molecule has 1 aromatic rings. The molecule has 19 heavy (non-hydrogen) atoms. The fourth-order valence-corrected chi connectivity index (χ4v) is 2.33. The van der Waals surface area contributed by atoms with Crippen LogP contribution in [0.2, 0.25) is 0 Å². The van der Waals surface area contributed by atoms with Crippen molar-refractivity contribution in [1.29, 1.82) is 0 Å². The van der Waals surface area contributed by atoms with Gasteiger partial charge >= 0.3 is 6.18 Å². The lowest BCUT2D eigenvalue weighted by Gasteiger charge is -2.19. The lowest BCUT2D eigenvalue weighted by molar-refractivity contribution is -0.143. The Morgan fingerprint density at radius 1 is 1.37 bits per heavy atom. The van der Waals surface area contributed by atoms with Crippen molar-refractivity contribution in [2.24, 2.45) is 0 Å². The van der Waals surface area contributed by atoms with Crippen LogP contribution in [0, 0.1) is 0 Å². The zero-order valence-corrected chi connectivity index (χ0v) is 10.7. The minimum Gasteiger partial charge on any atom is -0.495 e. The van der Waals surface area contributed by atoms with E-state index in [0.29, 0.717) is 25.3 Å². The van der Waals surface area contributed by atoms with Crippen LogP contribution in [0.4, 0.5) is 18.9 Å². The molecule has 1 fully saturated rings. The minimum atomic E-state index is -4.13. The number of hydrogen-bond acceptors (Lipinski definition) is 3. The summed E-state index contributed by atoms with van der Waals surface area (Å²) in [7, 11) is 1.57. The normalized spacial score (nSPS) is 20.5. The first kappa shape index (κ1) is 14.0. The molecule has 0 saturated carbocycles. The maximum atomic E-state index is 12.3. The lowest BCUT2D eigenvalue weighted by Crippen LogP contribution is -2.34. The zero-order chi connectivity index (χ0) is 13.9. The summed E-state index contributed by atoms with van der Waals surface area (Å²) in [5.74, 6) is 0.705. The maximum absolute atomic E-state index is 12.3. The van der Waals surface area contributed by atoms with Crippen LogP contribution < -0.4 is 10.1 Å². The smallest absolute Gasteiger partial charge is 0.401 e. The van der Waals surface area contributed by atoms with Gasteiger partial charge in [0.1, 0.15) is 5.75 Å². The Hall–Kier alpha value is -1.43. The Morgan fingerprint density at radius 2 is 2.11 bits per heavy atom. The molecule has 2 rings (SSSR count). The predicted molar refractivity (Wildman–Crippen MR) is 67.5 cm³/mol. The fraction of sp³-hybridized carbons (Fsp3) is 0.538. The van der Waals surface area contributed by atoms with E-state index in [1.165, 1.54) is 4.90 Å². The highest BCUT2D eigenvalue weighted by atomic mass is 19.4. The number of hydrogen-bond donors (Lipinski definition) is 1. The number of nitrogens with zero attached hydrogens (tertiary/aromatic N) is 1. The summed E-state index contributed by atoms with van der Waals surface area (Å²) in [5.41, 5.74) is 0.823. The average Bonchev–Trinajstić information content (AvgIpc) is 2.75. The summed E-state index contributed by atoms with van der Waals surface area (Å²) in [6.45, 7) is 0.0288. The summed E-state index contributed by atoms with van der Waals surface area (Å²) in [4.78, 5) is 1.42. The molecule has 1 aliphatic heterocycles. The molecular formula is C13H17F3N2O. The first-order valence-electron chi connectivity index (χ1n) is 6.16. The Balaban J connectivity index is 1.91. The SMILES string of the molecule is COc1ccccc1NC1CCN(CC(F)(F)F)C1. The molecule has 1 saturated heterocycles. The van der Waals surface area contributed by atoms with Gasteiger partial charge in [-0.15, -0.1) is 0 Å². The van der Waals surface area contributed by atoms with Crippen LogP contribution >= 0.6 is 0 Å². The van der Waals surface area contributed by atoms with Crippen LogP contribution in [0.15, 0.2) is 24.3 Å². The molecule has 106 valence electrons. The Kier molecular flexibility index (Phi) is 4.19. The van der Waals surface area contributed by atoms with E-state index in [9.17, 15) is 13.2 Å². The molecule has 0 amide bonds. The monoisotopic (exact) mass is 274 g/mol. The first-order chi connectivity index (χ1) is 8.98. The van der Waals surface area contributed by atoms with Crippen molar-refractivity contribution in [3.63, 3.8) is 0 Å². The van der Waals surface area contributed by atoms with Crippen molar-refractivity contribution in [1.82, 2.24) is 4.90 Å². The van der Waals surface area contributed by atoms with E-state index in [4.69, 9.17) is 4.74 Å². The summed E-state index contributed by atoms with van der Waals surface area (Å²) in [5, 5.41) is 3.24. The zero-order valence-electron chi connectivity index (χ0n) is 10.7. The standard InChI is InChI=1S/C13H17F3N2O/c1-19-12-5-3-2-4-11(12)17-10-6-7-18(8-10)9-13(14,15)16/h2-5,10,17H,6-9H2,1H3. The van der Waals surface area contributed by atoms with E-state index in [0.717, 1.165) is 5.69 Å². The largest absolute Gasteiger partial charge is 0.495 e. The van der Waals surface area contributed by atoms with Gasteiger partial charge in [0.2, 0.25) is 0 Å². The van der Waals surface area contributed by atoms with E-state index in [-0.39, 0.29) is 6.04 Å². The molecule has 1 atom stereocenters. The van der Waals surface area contributed by atoms with Gasteiger partial charge in [-0.25, -0.2) is 0 Å². The third kappa shape index (κ3) is 4.02. The number of halogens is 3. The van der Waals surface area contributed by atoms with Crippen LogP contribution in [-0.4, -0.2) is 43.9 Å². The van der Waals surface area contributed by atoms with Crippen LogP contribution in [0.3, 0.4) is 0 Å². The summed E-state index contributed by atoms with van der Waals surface area (Å²) in [6.07, 6.45) is -3.42. The van der Waals surface area contributed by atoms with E-state index in [1.807, 2.05) is 24.3 Å². The van der Waals surface area contributed by atoms with Crippen molar-refractivity contribution in [3.8, 4) is 5.75 Å². The highest BCUT2D eigenvalue weighted by Crippen LogP contribution is 2.26. The second kappa shape index (κ2) is 5.69. The number of benzene rings is 1. The third-order valence-electron chi connectivity index (χ3n) is 3.14. The number of alkyl halides is 3. The van der Waals surface area contributed by atoms with Crippen LogP contribution in [0.25, 0.3) is 0 Å². The quantitative estimate of drug-likeness (QED) is 0.913. The van der Waals surface area contributed by atoms with Gasteiger partial charge in [0.15, 0.2) is 0 Å².